The third-order valence-corrected chi connectivity index (χ3v) is 7.83. The van der Waals surface area contributed by atoms with Gasteiger partial charge < -0.3 is 67.1 Å². The van der Waals surface area contributed by atoms with E-state index in [1.165, 1.54) is 26.4 Å². The summed E-state index contributed by atoms with van der Waals surface area (Å²) >= 11 is 6.55. The highest BCUT2D eigenvalue weighted by molar-refractivity contribution is 9.11. The van der Waals surface area contributed by atoms with Gasteiger partial charge in [0.1, 0.15) is 31.9 Å². The highest BCUT2D eigenvalue weighted by atomic mass is 79.9. The van der Waals surface area contributed by atoms with Crippen LogP contribution < -0.4 is 47.4 Å². The quantitative estimate of drug-likeness (QED) is 0.117. The first-order chi connectivity index (χ1) is 25.0. The van der Waals surface area contributed by atoms with Crippen molar-refractivity contribution in [1.82, 2.24) is 0 Å². The van der Waals surface area contributed by atoms with Gasteiger partial charge in [-0.15, -0.1) is 0 Å². The Morgan fingerprint density at radius 3 is 1.34 bits per heavy atom. The van der Waals surface area contributed by atoms with E-state index in [-0.39, 0.29) is 32.5 Å². The molecule has 0 spiro atoms. The average Bonchev–Trinajstić information content (AvgIpc) is 3.17. The molecule has 0 bridgehead atoms. The van der Waals surface area contributed by atoms with E-state index >= 15 is 0 Å². The van der Waals surface area contributed by atoms with Crippen LogP contribution in [0.2, 0.25) is 0 Å². The van der Waals surface area contributed by atoms with Crippen LogP contribution in [0, 0.1) is 0 Å². The van der Waals surface area contributed by atoms with Crippen LogP contribution in [0.1, 0.15) is 7.43 Å². The van der Waals surface area contributed by atoms with E-state index in [9.17, 15) is 5.11 Å². The molecule has 0 heterocycles. The molecule has 0 amide bonds. The first kappa shape index (κ1) is 48.4. The Balaban J connectivity index is 0.000000680. The molecule has 0 atom stereocenters. The molecule has 4 rings (SSSR count). The topological polar surface area (TPSA) is 151 Å². The second-order valence-corrected chi connectivity index (χ2v) is 11.0. The summed E-state index contributed by atoms with van der Waals surface area (Å²) in [4.78, 5) is 0. The van der Waals surface area contributed by atoms with E-state index in [0.29, 0.717) is 66.4 Å². The fraction of sp³-hybridized carbons (Fsp3) is 0.351. The van der Waals surface area contributed by atoms with Gasteiger partial charge in [0.15, 0.2) is 59.6 Å². The molecular weight excluding hydrogens is 828 g/mol. The van der Waals surface area contributed by atoms with Crippen molar-refractivity contribution in [1.29, 1.82) is 0 Å². The fourth-order valence-corrected chi connectivity index (χ4v) is 4.94. The van der Waals surface area contributed by atoms with Crippen molar-refractivity contribution in [3.8, 4) is 69.0 Å². The normalized spacial score (nSPS) is 9.43. The second-order valence-electron chi connectivity index (χ2n) is 9.41. The number of benzene rings is 4. The number of aromatic hydroxyl groups is 2. The van der Waals surface area contributed by atoms with Crippen LogP contribution in [0.15, 0.2) is 69.6 Å². The molecule has 0 aromatic heterocycles. The van der Waals surface area contributed by atoms with Crippen molar-refractivity contribution in [2.45, 2.75) is 7.43 Å². The summed E-state index contributed by atoms with van der Waals surface area (Å²) in [5.74, 6) is 6.44. The smallest absolute Gasteiger partial charge is 0.188 e. The van der Waals surface area contributed by atoms with Gasteiger partial charge in [-0.3, -0.25) is 0 Å². The summed E-state index contributed by atoms with van der Waals surface area (Å²) in [5.41, 5.74) is 0. The molecule has 0 saturated carbocycles. The lowest BCUT2D eigenvalue weighted by Crippen LogP contribution is -2.00. The monoisotopic (exact) mass is 876 g/mol. The SMILES string of the molecule is C.COCOc1ccc(OC)c(OC)c1.COCOc1ccc(OC)c(OC)c1Br.COc1ccc(O)c(Br)c1OC.COc1ccc(O)cc1OC. The molecule has 0 unspecified atom stereocenters. The van der Waals surface area contributed by atoms with Gasteiger partial charge in [0, 0.05) is 26.4 Å². The molecule has 0 saturated heterocycles. The molecule has 2 N–H and O–H groups in total. The first-order valence-corrected chi connectivity index (χ1v) is 16.5. The number of ether oxygens (including phenoxy) is 12. The Morgan fingerprint density at radius 2 is 0.849 bits per heavy atom. The zero-order valence-electron chi connectivity index (χ0n) is 30.7. The maximum atomic E-state index is 9.27. The zero-order chi connectivity index (χ0) is 39.1. The number of halogens is 2. The van der Waals surface area contributed by atoms with Crippen molar-refractivity contribution in [2.75, 3.05) is 84.7 Å². The van der Waals surface area contributed by atoms with E-state index in [2.05, 4.69) is 31.9 Å². The summed E-state index contributed by atoms with van der Waals surface area (Å²) in [7, 11) is 15.6. The van der Waals surface area contributed by atoms with Gasteiger partial charge in [-0.25, -0.2) is 0 Å². The van der Waals surface area contributed by atoms with Crippen molar-refractivity contribution in [3.05, 3.63) is 69.6 Å². The lowest BCUT2D eigenvalue weighted by atomic mass is 10.3. The van der Waals surface area contributed by atoms with Crippen LogP contribution >= 0.6 is 31.9 Å². The van der Waals surface area contributed by atoms with Crippen LogP contribution in [0.25, 0.3) is 0 Å². The number of rotatable bonds is 14. The maximum Gasteiger partial charge on any atom is 0.188 e. The van der Waals surface area contributed by atoms with Crippen molar-refractivity contribution < 1.29 is 67.1 Å². The molecule has 0 aliphatic carbocycles. The third-order valence-electron chi connectivity index (χ3n) is 6.31. The van der Waals surface area contributed by atoms with Crippen molar-refractivity contribution in [3.63, 3.8) is 0 Å². The Kier molecular flexibility index (Phi) is 24.7. The number of hydrogen-bond donors (Lipinski definition) is 2. The minimum Gasteiger partial charge on any atom is -0.508 e. The van der Waals surface area contributed by atoms with E-state index in [1.807, 2.05) is 0 Å². The van der Waals surface area contributed by atoms with E-state index in [4.69, 9.17) is 61.9 Å². The molecule has 0 aliphatic rings. The molecule has 14 nitrogen and oxygen atoms in total. The molecule has 4 aromatic carbocycles. The second kappa shape index (κ2) is 27.0. The van der Waals surface area contributed by atoms with Gasteiger partial charge in [0.2, 0.25) is 0 Å². The number of hydrogen-bond acceptors (Lipinski definition) is 14. The van der Waals surface area contributed by atoms with Gasteiger partial charge in [0.25, 0.3) is 0 Å². The van der Waals surface area contributed by atoms with Crippen molar-refractivity contribution in [2.24, 2.45) is 0 Å². The summed E-state index contributed by atoms with van der Waals surface area (Å²) in [5, 5.41) is 18.3. The standard InChI is InChI=1S/C10H13BrO4.C10H14O4.C8H9BrO3.C8H10O3.CH4/c1-12-6-15-7-4-5-8(13-2)10(14-3)9(7)11;1-11-7-14-8-4-5-9(12-2)10(6-8)13-3;1-11-6-4-3-5(10)7(9)8(6)12-2;1-10-7-4-3-6(9)5-8(7)11-2;/h4-5H,6H2,1-3H3;4-6H,7H2,1-3H3;3-4,10H,1-2H3;3-5,9H,1-2H3;1H4. The molecular formula is C37H50Br2O14. The highest BCUT2D eigenvalue weighted by Gasteiger charge is 2.14. The lowest BCUT2D eigenvalue weighted by Gasteiger charge is -2.13. The minimum atomic E-state index is 0. The number of phenols is 2. The van der Waals surface area contributed by atoms with Crippen LogP contribution in [0.3, 0.4) is 0 Å². The van der Waals surface area contributed by atoms with Crippen LogP contribution in [-0.4, -0.2) is 94.9 Å². The molecule has 16 heteroatoms. The zero-order valence-corrected chi connectivity index (χ0v) is 33.9. The predicted octanol–water partition coefficient (Wildman–Crippen LogP) is 8.35. The molecule has 296 valence electrons. The van der Waals surface area contributed by atoms with Crippen molar-refractivity contribution >= 4 is 31.9 Å². The minimum absolute atomic E-state index is 0. The van der Waals surface area contributed by atoms with Crippen LogP contribution in [0.4, 0.5) is 0 Å². The first-order valence-electron chi connectivity index (χ1n) is 14.9. The molecule has 0 radical (unpaired) electrons. The number of phenolic OH excluding ortho intramolecular Hbond substituents is 2. The highest BCUT2D eigenvalue weighted by Crippen LogP contribution is 2.42. The van der Waals surface area contributed by atoms with E-state index in [0.717, 1.165) is 0 Å². The number of methoxy groups -OCH3 is 10. The average molecular weight is 879 g/mol. The lowest BCUT2D eigenvalue weighted by molar-refractivity contribution is 0.0503. The maximum absolute atomic E-state index is 9.27. The predicted molar refractivity (Wildman–Crippen MR) is 209 cm³/mol. The Hall–Kier alpha value is -4.64. The molecule has 0 aliphatic heterocycles. The van der Waals surface area contributed by atoms with E-state index < -0.39 is 0 Å². The Morgan fingerprint density at radius 1 is 0.434 bits per heavy atom. The van der Waals surface area contributed by atoms with Gasteiger partial charge >= 0.3 is 0 Å². The Bertz CT molecular complexity index is 1620. The van der Waals surface area contributed by atoms with Crippen LogP contribution in [-0.2, 0) is 9.47 Å². The fourth-order valence-electron chi connectivity index (χ4n) is 3.84. The summed E-state index contributed by atoms with van der Waals surface area (Å²) < 4.78 is 61.8. The van der Waals surface area contributed by atoms with E-state index in [1.54, 1.807) is 105 Å². The van der Waals surface area contributed by atoms with Crippen LogP contribution in [0.5, 0.6) is 69.0 Å². The third kappa shape index (κ3) is 15.5. The molecule has 0 fully saturated rings. The summed E-state index contributed by atoms with van der Waals surface area (Å²) in [6.45, 7) is 0.406. The molecule has 53 heavy (non-hydrogen) atoms. The van der Waals surface area contributed by atoms with Gasteiger partial charge in [-0.2, -0.15) is 0 Å². The summed E-state index contributed by atoms with van der Waals surface area (Å²) in [6.07, 6.45) is 0. The summed E-state index contributed by atoms with van der Waals surface area (Å²) in [6, 6.07) is 16.7. The van der Waals surface area contributed by atoms with Gasteiger partial charge in [-0.1, -0.05) is 7.43 Å². The van der Waals surface area contributed by atoms with Gasteiger partial charge in [-0.05, 0) is 80.4 Å². The Labute approximate surface area is 328 Å². The molecule has 4 aromatic rings. The van der Waals surface area contributed by atoms with Gasteiger partial charge in [0.05, 0.1) is 56.9 Å². The largest absolute Gasteiger partial charge is 0.508 e.